The standard InChI is InChI=1S/C35H40N4O4/c1-38-19-14-29(15-20-38)43-28-11-7-26(8-12-28)37-31(13-18-36)25-21-30-33(32(22-25)42-3)39(34(40)35(30)16-4-17-35)23-24-5-9-27(41-2)10-6-24/h5-13,18,21-22,29,36-37H,4,14-17,19-20,23H2,1-3H3/b31-13-,36-18?. The van der Waals surface area contributed by atoms with Crippen LogP contribution in [0.15, 0.2) is 66.7 Å². The molecule has 2 fully saturated rings. The number of carbonyl (C=O) groups excluding carboxylic acids is 1. The van der Waals surface area contributed by atoms with E-state index in [0.29, 0.717) is 12.3 Å². The van der Waals surface area contributed by atoms with Crippen molar-refractivity contribution in [1.29, 1.82) is 5.41 Å². The molecule has 0 radical (unpaired) electrons. The number of benzene rings is 3. The lowest BCUT2D eigenvalue weighted by atomic mass is 9.65. The number of nitrogens with zero attached hydrogens (tertiary/aromatic N) is 2. The molecule has 2 N–H and O–H groups in total. The van der Waals surface area contributed by atoms with Crippen LogP contribution in [0.4, 0.5) is 11.4 Å². The van der Waals surface area contributed by atoms with Crippen LogP contribution < -0.4 is 24.4 Å². The molecular formula is C35H40N4O4. The fourth-order valence-corrected chi connectivity index (χ4v) is 6.48. The lowest BCUT2D eigenvalue weighted by Crippen LogP contribution is -2.44. The second-order valence-electron chi connectivity index (χ2n) is 11.8. The van der Waals surface area contributed by atoms with Crippen molar-refractivity contribution in [3.63, 3.8) is 0 Å². The maximum Gasteiger partial charge on any atom is 0.238 e. The van der Waals surface area contributed by atoms with E-state index in [2.05, 4.69) is 23.3 Å². The minimum atomic E-state index is -0.534. The minimum Gasteiger partial charge on any atom is -0.497 e. The van der Waals surface area contributed by atoms with Crippen molar-refractivity contribution in [1.82, 2.24) is 4.90 Å². The minimum absolute atomic E-state index is 0.130. The van der Waals surface area contributed by atoms with Gasteiger partial charge in [-0.2, -0.15) is 0 Å². The van der Waals surface area contributed by atoms with Gasteiger partial charge < -0.3 is 34.7 Å². The molecule has 6 rings (SSSR count). The fourth-order valence-electron chi connectivity index (χ4n) is 6.48. The molecule has 8 nitrogen and oxygen atoms in total. The Labute approximate surface area is 253 Å². The summed E-state index contributed by atoms with van der Waals surface area (Å²) in [6, 6.07) is 19.9. The van der Waals surface area contributed by atoms with E-state index < -0.39 is 5.41 Å². The number of hydrogen-bond donors (Lipinski definition) is 2. The molecule has 3 aliphatic rings. The van der Waals surface area contributed by atoms with Crippen molar-refractivity contribution in [3.8, 4) is 17.2 Å². The Kier molecular flexibility index (Phi) is 8.13. The van der Waals surface area contributed by atoms with E-state index in [4.69, 9.17) is 19.6 Å². The van der Waals surface area contributed by atoms with Gasteiger partial charge in [-0.1, -0.05) is 18.6 Å². The number of ether oxygens (including phenoxy) is 3. The quantitative estimate of drug-likeness (QED) is 0.276. The number of likely N-dealkylation sites (tertiary alicyclic amines) is 1. The summed E-state index contributed by atoms with van der Waals surface area (Å²) in [6.45, 7) is 2.57. The Balaban J connectivity index is 1.27. The summed E-state index contributed by atoms with van der Waals surface area (Å²) in [6.07, 6.45) is 7.98. The molecule has 0 bridgehead atoms. The van der Waals surface area contributed by atoms with E-state index in [9.17, 15) is 4.79 Å². The number of rotatable bonds is 10. The summed E-state index contributed by atoms with van der Waals surface area (Å²) in [5.74, 6) is 2.43. The molecule has 8 heteroatoms. The first-order chi connectivity index (χ1) is 20.9. The van der Waals surface area contributed by atoms with E-state index in [1.165, 1.54) is 6.21 Å². The van der Waals surface area contributed by atoms with E-state index in [1.54, 1.807) is 20.3 Å². The highest BCUT2D eigenvalue weighted by Crippen LogP contribution is 2.57. The van der Waals surface area contributed by atoms with Crippen LogP contribution in [0.2, 0.25) is 0 Å². The number of piperidine rings is 1. The molecule has 3 aromatic carbocycles. The molecule has 3 aromatic rings. The Morgan fingerprint density at radius 1 is 1.00 bits per heavy atom. The largest absolute Gasteiger partial charge is 0.497 e. The molecule has 224 valence electrons. The molecule has 1 saturated carbocycles. The topological polar surface area (TPSA) is 87.1 Å². The summed E-state index contributed by atoms with van der Waals surface area (Å²) in [5.41, 5.74) is 4.86. The summed E-state index contributed by atoms with van der Waals surface area (Å²) in [5, 5.41) is 11.4. The highest BCUT2D eigenvalue weighted by atomic mass is 16.5. The van der Waals surface area contributed by atoms with E-state index >= 15 is 0 Å². The smallest absolute Gasteiger partial charge is 0.238 e. The van der Waals surface area contributed by atoms with Gasteiger partial charge >= 0.3 is 0 Å². The van der Waals surface area contributed by atoms with Crippen LogP contribution in [-0.2, 0) is 16.8 Å². The molecule has 0 unspecified atom stereocenters. The van der Waals surface area contributed by atoms with Crippen LogP contribution >= 0.6 is 0 Å². The van der Waals surface area contributed by atoms with E-state index in [0.717, 1.165) is 90.5 Å². The number of methoxy groups -OCH3 is 2. The molecule has 1 saturated heterocycles. The maximum atomic E-state index is 14.0. The first-order valence-electron chi connectivity index (χ1n) is 15.0. The predicted molar refractivity (Wildman–Crippen MR) is 171 cm³/mol. The third kappa shape index (κ3) is 5.59. The average molecular weight is 581 g/mol. The van der Waals surface area contributed by atoms with Gasteiger partial charge in [0.15, 0.2) is 0 Å². The summed E-state index contributed by atoms with van der Waals surface area (Å²) in [7, 11) is 5.45. The van der Waals surface area contributed by atoms with Crippen LogP contribution in [0.3, 0.4) is 0 Å². The average Bonchev–Trinajstić information content (AvgIpc) is 3.26. The summed E-state index contributed by atoms with van der Waals surface area (Å²) < 4.78 is 17.5. The molecule has 1 spiro atoms. The normalized spacial score (nSPS) is 18.3. The van der Waals surface area contributed by atoms with Crippen LogP contribution in [-0.4, -0.2) is 57.5 Å². The molecule has 2 heterocycles. The number of allylic oxidation sites excluding steroid dienone is 1. The summed E-state index contributed by atoms with van der Waals surface area (Å²) in [4.78, 5) is 18.2. The number of amides is 1. The molecule has 0 atom stereocenters. The molecule has 2 aliphatic heterocycles. The number of anilines is 2. The number of carbonyl (C=O) groups is 1. The highest BCUT2D eigenvalue weighted by Gasteiger charge is 2.55. The van der Waals surface area contributed by atoms with Gasteiger partial charge in [0, 0.05) is 36.3 Å². The zero-order valence-corrected chi connectivity index (χ0v) is 25.2. The second kappa shape index (κ2) is 12.1. The van der Waals surface area contributed by atoms with Crippen LogP contribution in [0.25, 0.3) is 5.70 Å². The Hall–Kier alpha value is -4.30. The maximum absolute atomic E-state index is 14.0. The van der Waals surface area contributed by atoms with Gasteiger partial charge in [-0.05, 0) is 98.5 Å². The van der Waals surface area contributed by atoms with Gasteiger partial charge in [0.25, 0.3) is 0 Å². The SMILES string of the molecule is COc1ccc(CN2C(=O)C3(CCC3)c3cc(/C(=C/C=N)Nc4ccc(OC5CCN(C)CC5)cc4)cc(OC)c32)cc1. The first-order valence-corrected chi connectivity index (χ1v) is 15.0. The number of fused-ring (bicyclic) bond motifs is 2. The van der Waals surface area contributed by atoms with E-state index in [-0.39, 0.29) is 12.0 Å². The Bertz CT molecular complexity index is 1500. The Morgan fingerprint density at radius 2 is 1.70 bits per heavy atom. The van der Waals surface area contributed by atoms with Crippen molar-refractivity contribution in [2.45, 2.75) is 50.2 Å². The van der Waals surface area contributed by atoms with Gasteiger partial charge in [0.05, 0.1) is 31.9 Å². The van der Waals surface area contributed by atoms with Crippen molar-refractivity contribution < 1.29 is 19.0 Å². The van der Waals surface area contributed by atoms with Crippen LogP contribution in [0, 0.1) is 5.41 Å². The third-order valence-electron chi connectivity index (χ3n) is 9.10. The van der Waals surface area contributed by atoms with Gasteiger partial charge in [-0.3, -0.25) is 4.79 Å². The zero-order chi connectivity index (χ0) is 30.0. The van der Waals surface area contributed by atoms with Gasteiger partial charge in [0.1, 0.15) is 23.4 Å². The molecule has 1 aliphatic carbocycles. The summed E-state index contributed by atoms with van der Waals surface area (Å²) >= 11 is 0. The monoisotopic (exact) mass is 580 g/mol. The van der Waals surface area contributed by atoms with E-state index in [1.807, 2.05) is 59.5 Å². The predicted octanol–water partition coefficient (Wildman–Crippen LogP) is 6.25. The van der Waals surface area contributed by atoms with Crippen LogP contribution in [0.1, 0.15) is 48.8 Å². The molecule has 1 amide bonds. The second-order valence-corrected chi connectivity index (χ2v) is 11.8. The fraction of sp³-hybridized carbons (Fsp3) is 0.371. The van der Waals surface area contributed by atoms with Crippen molar-refractivity contribution >= 4 is 29.2 Å². The van der Waals surface area contributed by atoms with Crippen molar-refractivity contribution in [2.24, 2.45) is 0 Å². The van der Waals surface area contributed by atoms with Gasteiger partial charge in [0.2, 0.25) is 5.91 Å². The van der Waals surface area contributed by atoms with Crippen molar-refractivity contribution in [2.75, 3.05) is 44.6 Å². The third-order valence-corrected chi connectivity index (χ3v) is 9.10. The Morgan fingerprint density at radius 3 is 2.30 bits per heavy atom. The lowest BCUT2D eigenvalue weighted by Gasteiger charge is -2.37. The molecular weight excluding hydrogens is 540 g/mol. The van der Waals surface area contributed by atoms with Gasteiger partial charge in [-0.25, -0.2) is 0 Å². The number of nitrogens with one attached hydrogen (secondary N) is 2. The molecule has 43 heavy (non-hydrogen) atoms. The van der Waals surface area contributed by atoms with Crippen LogP contribution in [0.5, 0.6) is 17.2 Å². The number of hydrogen-bond acceptors (Lipinski definition) is 7. The van der Waals surface area contributed by atoms with Gasteiger partial charge in [-0.15, -0.1) is 0 Å². The highest BCUT2D eigenvalue weighted by molar-refractivity contribution is 6.10. The van der Waals surface area contributed by atoms with Crippen molar-refractivity contribution in [3.05, 3.63) is 83.4 Å². The first kappa shape index (κ1) is 28.8. The lowest BCUT2D eigenvalue weighted by molar-refractivity contribution is -0.126. The molecule has 0 aromatic heterocycles. The zero-order valence-electron chi connectivity index (χ0n) is 25.2.